The predicted molar refractivity (Wildman–Crippen MR) is 54.1 cm³/mol. The number of aryl methyl sites for hydroxylation is 1. The van der Waals surface area contributed by atoms with Gasteiger partial charge in [-0.1, -0.05) is 6.92 Å². The Balaban J connectivity index is 2.82. The first-order valence-electron chi connectivity index (χ1n) is 4.48. The zero-order valence-electron chi connectivity index (χ0n) is 7.80. The summed E-state index contributed by atoms with van der Waals surface area (Å²) < 4.78 is 15.2. The first-order valence-corrected chi connectivity index (χ1v) is 5.01. The maximum Gasteiger partial charge on any atom is 0.149 e. The molecule has 2 heterocycles. The van der Waals surface area contributed by atoms with Crippen molar-refractivity contribution in [2.45, 2.75) is 19.2 Å². The largest absolute Gasteiger partial charge is 0.301 e. The molecule has 0 fully saturated rings. The molecule has 0 aliphatic rings. The molecule has 0 unspecified atom stereocenters. The third-order valence-corrected chi connectivity index (χ3v) is 2.46. The summed E-state index contributed by atoms with van der Waals surface area (Å²) in [6.07, 6.45) is 2.57. The van der Waals surface area contributed by atoms with Gasteiger partial charge in [-0.3, -0.25) is 0 Å². The lowest BCUT2D eigenvalue weighted by Gasteiger charge is -1.98. The number of imidazole rings is 1. The molecule has 0 aromatic carbocycles. The van der Waals surface area contributed by atoms with Gasteiger partial charge in [0.25, 0.3) is 0 Å². The van der Waals surface area contributed by atoms with Crippen molar-refractivity contribution in [3.63, 3.8) is 0 Å². The summed E-state index contributed by atoms with van der Waals surface area (Å²) in [4.78, 5) is 4.28. The fourth-order valence-corrected chi connectivity index (χ4v) is 1.77. The lowest BCUT2D eigenvalue weighted by atomic mass is 10.3. The molecule has 4 heteroatoms. The van der Waals surface area contributed by atoms with Crippen molar-refractivity contribution in [3.05, 3.63) is 35.7 Å². The lowest BCUT2D eigenvalue weighted by molar-refractivity contribution is 0.631. The number of hydrogen-bond donors (Lipinski definition) is 0. The molecule has 0 aliphatic carbocycles. The molecule has 2 aromatic rings. The number of rotatable bonds is 2. The van der Waals surface area contributed by atoms with Crippen molar-refractivity contribution in [2.75, 3.05) is 0 Å². The van der Waals surface area contributed by atoms with E-state index >= 15 is 0 Å². The number of aromatic nitrogens is 2. The summed E-state index contributed by atoms with van der Waals surface area (Å²) in [5.41, 5.74) is 1.11. The van der Waals surface area contributed by atoms with E-state index in [4.69, 9.17) is 11.6 Å². The number of fused-ring (bicyclic) bond motifs is 1. The van der Waals surface area contributed by atoms with Crippen LogP contribution in [0, 0.1) is 5.82 Å². The van der Waals surface area contributed by atoms with Gasteiger partial charge in [-0.05, 0) is 12.1 Å². The Morgan fingerprint density at radius 3 is 3.00 bits per heavy atom. The van der Waals surface area contributed by atoms with Gasteiger partial charge in [0.05, 0.1) is 11.6 Å². The van der Waals surface area contributed by atoms with Gasteiger partial charge >= 0.3 is 0 Å². The van der Waals surface area contributed by atoms with Gasteiger partial charge < -0.3 is 4.40 Å². The summed E-state index contributed by atoms with van der Waals surface area (Å²) in [6.45, 7) is 1.98. The highest BCUT2D eigenvalue weighted by Gasteiger charge is 2.11. The van der Waals surface area contributed by atoms with Crippen LogP contribution in [-0.4, -0.2) is 9.38 Å². The average molecular weight is 213 g/mol. The molecule has 2 nitrogen and oxygen atoms in total. The van der Waals surface area contributed by atoms with E-state index in [9.17, 15) is 4.39 Å². The Labute approximate surface area is 86.3 Å². The van der Waals surface area contributed by atoms with Crippen LogP contribution in [0.15, 0.2) is 18.3 Å². The summed E-state index contributed by atoms with van der Waals surface area (Å²) in [5.74, 6) is 0.815. The monoisotopic (exact) mass is 212 g/mol. The molecular formula is C10H10ClFN2. The van der Waals surface area contributed by atoms with Crippen LogP contribution in [0.25, 0.3) is 5.52 Å². The first kappa shape index (κ1) is 9.46. The average Bonchev–Trinajstić information content (AvgIpc) is 2.57. The SMILES string of the molecule is CCc1nc(CCl)c2c(F)cccn12. The van der Waals surface area contributed by atoms with Crippen molar-refractivity contribution in [2.24, 2.45) is 0 Å². The molecular weight excluding hydrogens is 203 g/mol. The molecule has 0 saturated heterocycles. The second-order valence-electron chi connectivity index (χ2n) is 3.04. The van der Waals surface area contributed by atoms with E-state index < -0.39 is 0 Å². The number of halogens is 2. The van der Waals surface area contributed by atoms with Crippen molar-refractivity contribution in [3.8, 4) is 0 Å². The zero-order chi connectivity index (χ0) is 10.1. The topological polar surface area (TPSA) is 17.3 Å². The van der Waals surface area contributed by atoms with E-state index in [2.05, 4.69) is 4.98 Å². The molecule has 74 valence electrons. The van der Waals surface area contributed by atoms with Gasteiger partial charge in [-0.25, -0.2) is 9.37 Å². The van der Waals surface area contributed by atoms with Crippen LogP contribution in [0.5, 0.6) is 0 Å². The molecule has 0 radical (unpaired) electrons. The molecule has 0 aliphatic heterocycles. The molecule has 2 rings (SSSR count). The van der Waals surface area contributed by atoms with Gasteiger partial charge in [0, 0.05) is 12.6 Å². The molecule has 0 bridgehead atoms. The van der Waals surface area contributed by atoms with Crippen LogP contribution < -0.4 is 0 Å². The highest BCUT2D eigenvalue weighted by molar-refractivity contribution is 6.17. The van der Waals surface area contributed by atoms with E-state index in [1.165, 1.54) is 6.07 Å². The third kappa shape index (κ3) is 1.28. The summed E-state index contributed by atoms with van der Waals surface area (Å²) in [5, 5.41) is 0. The molecule has 2 aromatic heterocycles. The van der Waals surface area contributed by atoms with Crippen LogP contribution in [0.2, 0.25) is 0 Å². The smallest absolute Gasteiger partial charge is 0.149 e. The van der Waals surface area contributed by atoms with Crippen LogP contribution in [-0.2, 0) is 12.3 Å². The van der Waals surface area contributed by atoms with Gasteiger partial charge in [0.2, 0.25) is 0 Å². The standard InChI is InChI=1S/C10H10ClFN2/c1-2-9-13-8(6-11)10-7(12)4-3-5-14(9)10/h3-5H,2,6H2,1H3. The predicted octanol–water partition coefficient (Wildman–Crippen LogP) is 2.77. The Morgan fingerprint density at radius 2 is 2.36 bits per heavy atom. The number of alkyl halides is 1. The minimum atomic E-state index is -0.268. The maximum absolute atomic E-state index is 13.5. The van der Waals surface area contributed by atoms with E-state index in [0.717, 1.165) is 12.2 Å². The zero-order valence-corrected chi connectivity index (χ0v) is 8.55. The van der Waals surface area contributed by atoms with Crippen molar-refractivity contribution < 1.29 is 4.39 Å². The Morgan fingerprint density at radius 1 is 1.57 bits per heavy atom. The molecule has 0 N–H and O–H groups in total. The molecule has 0 saturated carbocycles. The first-order chi connectivity index (χ1) is 6.77. The summed E-state index contributed by atoms with van der Waals surface area (Å²) in [7, 11) is 0. The molecule has 0 amide bonds. The molecule has 0 spiro atoms. The van der Waals surface area contributed by atoms with Crippen LogP contribution in [0.3, 0.4) is 0 Å². The van der Waals surface area contributed by atoms with E-state index in [0.29, 0.717) is 11.2 Å². The number of hydrogen-bond acceptors (Lipinski definition) is 1. The van der Waals surface area contributed by atoms with Crippen LogP contribution in [0.4, 0.5) is 4.39 Å². The highest BCUT2D eigenvalue weighted by atomic mass is 35.5. The highest BCUT2D eigenvalue weighted by Crippen LogP contribution is 2.18. The summed E-state index contributed by atoms with van der Waals surface area (Å²) in [6, 6.07) is 3.09. The minimum Gasteiger partial charge on any atom is -0.301 e. The van der Waals surface area contributed by atoms with E-state index in [1.54, 1.807) is 16.7 Å². The normalized spacial score (nSPS) is 11.1. The minimum absolute atomic E-state index is 0.241. The third-order valence-electron chi connectivity index (χ3n) is 2.20. The van der Waals surface area contributed by atoms with Crippen molar-refractivity contribution >= 4 is 17.1 Å². The van der Waals surface area contributed by atoms with Crippen LogP contribution in [0.1, 0.15) is 18.4 Å². The van der Waals surface area contributed by atoms with E-state index in [-0.39, 0.29) is 11.7 Å². The Hall–Kier alpha value is -1.09. The van der Waals surface area contributed by atoms with Gasteiger partial charge in [0.1, 0.15) is 17.2 Å². The fourth-order valence-electron chi connectivity index (χ4n) is 1.58. The second kappa shape index (κ2) is 3.58. The van der Waals surface area contributed by atoms with Gasteiger partial charge in [0.15, 0.2) is 0 Å². The fraction of sp³-hybridized carbons (Fsp3) is 0.300. The van der Waals surface area contributed by atoms with Crippen LogP contribution >= 0.6 is 11.6 Å². The van der Waals surface area contributed by atoms with Gasteiger partial charge in [-0.15, -0.1) is 11.6 Å². The molecule has 14 heavy (non-hydrogen) atoms. The maximum atomic E-state index is 13.5. The lowest BCUT2D eigenvalue weighted by Crippen LogP contribution is -1.92. The van der Waals surface area contributed by atoms with Crippen molar-refractivity contribution in [1.82, 2.24) is 9.38 Å². The number of nitrogens with zero attached hydrogens (tertiary/aromatic N) is 2. The molecule has 0 atom stereocenters. The number of pyridine rings is 1. The van der Waals surface area contributed by atoms with E-state index in [1.807, 2.05) is 6.92 Å². The quantitative estimate of drug-likeness (QED) is 0.700. The van der Waals surface area contributed by atoms with Crippen molar-refractivity contribution in [1.29, 1.82) is 0 Å². The second-order valence-corrected chi connectivity index (χ2v) is 3.30. The Kier molecular flexibility index (Phi) is 2.42. The van der Waals surface area contributed by atoms with Gasteiger partial charge in [-0.2, -0.15) is 0 Å². The summed E-state index contributed by atoms with van der Waals surface area (Å²) >= 11 is 5.71. The Bertz CT molecular complexity index is 464.